The van der Waals surface area contributed by atoms with Crippen molar-refractivity contribution in [3.63, 3.8) is 0 Å². The van der Waals surface area contributed by atoms with Crippen LogP contribution < -0.4 is 10.5 Å². The Hall–Kier alpha value is -2.08. The standard InChI is InChI=1S/C18H29N3O3/c1-12(2)21(13(3)4)17(22)16(19)11-14-7-9-15(10-8-14)24-18(23)20(5)6/h7-10,12-13,16H,11,19H2,1-6H3/t16-/m0/s1. The lowest BCUT2D eigenvalue weighted by Crippen LogP contribution is -2.50. The van der Waals surface area contributed by atoms with Gasteiger partial charge in [-0.2, -0.15) is 0 Å². The van der Waals surface area contributed by atoms with E-state index >= 15 is 0 Å². The highest BCUT2D eigenvalue weighted by Gasteiger charge is 2.25. The molecule has 1 rings (SSSR count). The number of rotatable bonds is 6. The number of carbonyl (C=O) groups is 2. The van der Waals surface area contributed by atoms with Gasteiger partial charge in [-0.05, 0) is 51.8 Å². The van der Waals surface area contributed by atoms with Crippen LogP contribution in [0.5, 0.6) is 5.75 Å². The van der Waals surface area contributed by atoms with Crippen LogP contribution in [0, 0.1) is 0 Å². The summed E-state index contributed by atoms with van der Waals surface area (Å²) in [6, 6.07) is 6.67. The van der Waals surface area contributed by atoms with Crippen molar-refractivity contribution >= 4 is 12.0 Å². The first kappa shape index (κ1) is 20.0. The lowest BCUT2D eigenvalue weighted by Gasteiger charge is -2.33. The van der Waals surface area contributed by atoms with E-state index in [1.807, 2.05) is 39.8 Å². The maximum atomic E-state index is 12.5. The van der Waals surface area contributed by atoms with Crippen LogP contribution in [0.25, 0.3) is 0 Å². The topological polar surface area (TPSA) is 75.9 Å². The Morgan fingerprint density at radius 2 is 1.54 bits per heavy atom. The highest BCUT2D eigenvalue weighted by Crippen LogP contribution is 2.15. The zero-order valence-corrected chi connectivity index (χ0v) is 15.4. The summed E-state index contributed by atoms with van der Waals surface area (Å²) < 4.78 is 5.16. The van der Waals surface area contributed by atoms with Crippen LogP contribution in [-0.2, 0) is 11.2 Å². The number of nitrogens with two attached hydrogens (primary N) is 1. The molecule has 0 aliphatic carbocycles. The molecule has 1 atom stereocenters. The monoisotopic (exact) mass is 335 g/mol. The van der Waals surface area contributed by atoms with Crippen LogP contribution in [0.3, 0.4) is 0 Å². The molecule has 134 valence electrons. The maximum absolute atomic E-state index is 12.5. The Morgan fingerprint density at radius 1 is 1.04 bits per heavy atom. The van der Waals surface area contributed by atoms with Crippen molar-refractivity contribution in [3.8, 4) is 5.75 Å². The average molecular weight is 335 g/mol. The van der Waals surface area contributed by atoms with Gasteiger partial charge in [0.1, 0.15) is 5.75 Å². The summed E-state index contributed by atoms with van der Waals surface area (Å²) in [7, 11) is 3.24. The van der Waals surface area contributed by atoms with Crippen LogP contribution in [0.15, 0.2) is 24.3 Å². The van der Waals surface area contributed by atoms with Crippen LogP contribution in [0.1, 0.15) is 33.3 Å². The number of ether oxygens (including phenoxy) is 1. The highest BCUT2D eigenvalue weighted by atomic mass is 16.6. The number of carbonyl (C=O) groups excluding carboxylic acids is 2. The molecule has 0 aliphatic heterocycles. The molecular formula is C18H29N3O3. The third kappa shape index (κ3) is 5.53. The summed E-state index contributed by atoms with van der Waals surface area (Å²) in [4.78, 5) is 27.2. The van der Waals surface area contributed by atoms with Crippen molar-refractivity contribution in [1.82, 2.24) is 9.80 Å². The van der Waals surface area contributed by atoms with Crippen molar-refractivity contribution < 1.29 is 14.3 Å². The molecule has 0 saturated carbocycles. The summed E-state index contributed by atoms with van der Waals surface area (Å²) in [5, 5.41) is 0. The quantitative estimate of drug-likeness (QED) is 0.865. The van der Waals surface area contributed by atoms with E-state index in [9.17, 15) is 9.59 Å². The van der Waals surface area contributed by atoms with Crippen molar-refractivity contribution in [3.05, 3.63) is 29.8 Å². The van der Waals surface area contributed by atoms with Gasteiger partial charge in [0, 0.05) is 26.2 Å². The second kappa shape index (κ2) is 8.68. The van der Waals surface area contributed by atoms with E-state index in [2.05, 4.69) is 0 Å². The van der Waals surface area contributed by atoms with E-state index in [0.29, 0.717) is 12.2 Å². The Labute approximate surface area is 144 Å². The molecule has 2 N–H and O–H groups in total. The summed E-state index contributed by atoms with van der Waals surface area (Å²) in [5.41, 5.74) is 7.03. The lowest BCUT2D eigenvalue weighted by atomic mass is 10.0. The zero-order valence-electron chi connectivity index (χ0n) is 15.4. The molecule has 2 amide bonds. The normalized spacial score (nSPS) is 12.2. The van der Waals surface area contributed by atoms with E-state index in [1.54, 1.807) is 31.1 Å². The molecule has 1 aromatic carbocycles. The molecule has 0 aliphatic rings. The molecule has 0 bridgehead atoms. The third-order valence-corrected chi connectivity index (χ3v) is 3.63. The van der Waals surface area contributed by atoms with Gasteiger partial charge in [0.25, 0.3) is 0 Å². The largest absolute Gasteiger partial charge is 0.414 e. The van der Waals surface area contributed by atoms with Gasteiger partial charge >= 0.3 is 6.09 Å². The van der Waals surface area contributed by atoms with Crippen molar-refractivity contribution in [2.24, 2.45) is 5.73 Å². The first-order valence-corrected chi connectivity index (χ1v) is 8.19. The number of hydrogen-bond donors (Lipinski definition) is 1. The minimum absolute atomic E-state index is 0.0527. The molecule has 1 aromatic rings. The predicted octanol–water partition coefficient (Wildman–Crippen LogP) is 2.26. The molecule has 0 aromatic heterocycles. The van der Waals surface area contributed by atoms with Crippen molar-refractivity contribution in [2.75, 3.05) is 14.1 Å². The SMILES string of the molecule is CC(C)N(C(=O)[C@@H](N)Cc1ccc(OC(=O)N(C)C)cc1)C(C)C. The van der Waals surface area contributed by atoms with Gasteiger partial charge < -0.3 is 20.3 Å². The van der Waals surface area contributed by atoms with Gasteiger partial charge in [-0.1, -0.05) is 12.1 Å². The molecular weight excluding hydrogens is 306 g/mol. The van der Waals surface area contributed by atoms with Gasteiger partial charge in [-0.25, -0.2) is 4.79 Å². The fourth-order valence-corrected chi connectivity index (χ4v) is 2.52. The van der Waals surface area contributed by atoms with Crippen LogP contribution >= 0.6 is 0 Å². The Balaban J connectivity index is 2.72. The lowest BCUT2D eigenvalue weighted by molar-refractivity contribution is -0.136. The average Bonchev–Trinajstić information content (AvgIpc) is 2.48. The summed E-state index contributed by atoms with van der Waals surface area (Å²) in [6.07, 6.45) is 0.00980. The van der Waals surface area contributed by atoms with E-state index in [-0.39, 0.29) is 18.0 Å². The number of benzene rings is 1. The number of amides is 2. The van der Waals surface area contributed by atoms with Crippen LogP contribution in [0.4, 0.5) is 4.79 Å². The second-order valence-corrected chi connectivity index (χ2v) is 6.65. The van der Waals surface area contributed by atoms with Crippen molar-refractivity contribution in [1.29, 1.82) is 0 Å². The van der Waals surface area contributed by atoms with E-state index < -0.39 is 12.1 Å². The Bertz CT molecular complexity index is 545. The molecule has 0 heterocycles. The summed E-state index contributed by atoms with van der Waals surface area (Å²) in [6.45, 7) is 7.94. The number of hydrogen-bond acceptors (Lipinski definition) is 4. The molecule has 0 saturated heterocycles. The van der Waals surface area contributed by atoms with E-state index in [0.717, 1.165) is 5.56 Å². The van der Waals surface area contributed by atoms with E-state index in [4.69, 9.17) is 10.5 Å². The highest BCUT2D eigenvalue weighted by molar-refractivity contribution is 5.82. The second-order valence-electron chi connectivity index (χ2n) is 6.65. The molecule has 0 radical (unpaired) electrons. The van der Waals surface area contributed by atoms with Gasteiger partial charge in [0.2, 0.25) is 5.91 Å². The fourth-order valence-electron chi connectivity index (χ4n) is 2.52. The number of nitrogens with zero attached hydrogens (tertiary/aromatic N) is 2. The molecule has 0 unspecified atom stereocenters. The van der Waals surface area contributed by atoms with Crippen LogP contribution in [-0.4, -0.2) is 54.0 Å². The molecule has 6 heteroatoms. The van der Waals surface area contributed by atoms with E-state index in [1.165, 1.54) is 4.90 Å². The minimum atomic E-state index is -0.593. The Morgan fingerprint density at radius 3 is 1.96 bits per heavy atom. The maximum Gasteiger partial charge on any atom is 0.414 e. The smallest absolute Gasteiger partial charge is 0.410 e. The summed E-state index contributed by atoms with van der Waals surface area (Å²) in [5.74, 6) is 0.409. The first-order chi connectivity index (χ1) is 11.1. The molecule has 0 spiro atoms. The van der Waals surface area contributed by atoms with Crippen LogP contribution in [0.2, 0.25) is 0 Å². The molecule has 6 nitrogen and oxygen atoms in total. The molecule has 0 fully saturated rings. The van der Waals surface area contributed by atoms with Gasteiger partial charge in [-0.15, -0.1) is 0 Å². The fraction of sp³-hybridized carbons (Fsp3) is 0.556. The predicted molar refractivity (Wildman–Crippen MR) is 95.0 cm³/mol. The first-order valence-electron chi connectivity index (χ1n) is 8.19. The zero-order chi connectivity index (χ0) is 18.4. The van der Waals surface area contributed by atoms with Gasteiger partial charge in [0.05, 0.1) is 6.04 Å². The Kier molecular flexibility index (Phi) is 7.22. The third-order valence-electron chi connectivity index (χ3n) is 3.63. The van der Waals surface area contributed by atoms with Gasteiger partial charge in [0.15, 0.2) is 0 Å². The van der Waals surface area contributed by atoms with Crippen molar-refractivity contribution in [2.45, 2.75) is 52.2 Å². The minimum Gasteiger partial charge on any atom is -0.410 e. The molecule has 24 heavy (non-hydrogen) atoms. The summed E-state index contributed by atoms with van der Waals surface area (Å²) >= 11 is 0. The van der Waals surface area contributed by atoms with Gasteiger partial charge in [-0.3, -0.25) is 4.79 Å².